The summed E-state index contributed by atoms with van der Waals surface area (Å²) in [4.78, 5) is 3.95. The second kappa shape index (κ2) is 7.33. The maximum absolute atomic E-state index is 4.11. The molecule has 3 rings (SSSR count). The van der Waals surface area contributed by atoms with Gasteiger partial charge in [-0.15, -0.1) is 0 Å². The molecule has 2 aromatic carbocycles. The van der Waals surface area contributed by atoms with Crippen LogP contribution in [0.2, 0.25) is 0 Å². The minimum absolute atomic E-state index is 0.756. The van der Waals surface area contributed by atoms with E-state index in [2.05, 4.69) is 73.8 Å². The molecule has 0 aliphatic heterocycles. The summed E-state index contributed by atoms with van der Waals surface area (Å²) < 4.78 is 2.94. The Hall–Kier alpha value is -1.98. The first-order chi connectivity index (χ1) is 10.8. The standard InChI is InChI=1S/C17H17BrN4/c18-17-3-1-2-16(8-17)10-19-9-14-4-6-15(7-5-14)11-22-13-20-12-21-22/h1-8,12-13,19H,9-11H2. The van der Waals surface area contributed by atoms with Gasteiger partial charge in [-0.1, -0.05) is 52.3 Å². The highest BCUT2D eigenvalue weighted by molar-refractivity contribution is 9.10. The average molecular weight is 357 g/mol. The zero-order valence-electron chi connectivity index (χ0n) is 12.1. The fourth-order valence-corrected chi connectivity index (χ4v) is 2.71. The third-order valence-corrected chi connectivity index (χ3v) is 3.87. The zero-order chi connectivity index (χ0) is 15.2. The van der Waals surface area contributed by atoms with E-state index in [9.17, 15) is 0 Å². The molecule has 1 heterocycles. The van der Waals surface area contributed by atoms with Crippen molar-refractivity contribution in [2.75, 3.05) is 0 Å². The minimum atomic E-state index is 0.756. The first kappa shape index (κ1) is 14.9. The first-order valence-corrected chi connectivity index (χ1v) is 7.94. The van der Waals surface area contributed by atoms with Gasteiger partial charge in [-0.3, -0.25) is 0 Å². The molecule has 4 nitrogen and oxygen atoms in total. The summed E-state index contributed by atoms with van der Waals surface area (Å²) in [6.45, 7) is 2.47. The molecule has 0 saturated heterocycles. The highest BCUT2D eigenvalue weighted by atomic mass is 79.9. The minimum Gasteiger partial charge on any atom is -0.309 e. The van der Waals surface area contributed by atoms with Crippen molar-refractivity contribution < 1.29 is 0 Å². The van der Waals surface area contributed by atoms with Crippen molar-refractivity contribution in [1.82, 2.24) is 20.1 Å². The van der Waals surface area contributed by atoms with Crippen LogP contribution in [-0.4, -0.2) is 14.8 Å². The molecule has 0 aliphatic rings. The summed E-state index contributed by atoms with van der Waals surface area (Å²) in [6.07, 6.45) is 3.29. The Morgan fingerprint density at radius 3 is 2.45 bits per heavy atom. The smallest absolute Gasteiger partial charge is 0.137 e. The van der Waals surface area contributed by atoms with Gasteiger partial charge in [0.05, 0.1) is 6.54 Å². The van der Waals surface area contributed by atoms with Gasteiger partial charge in [0.25, 0.3) is 0 Å². The molecule has 1 N–H and O–H groups in total. The van der Waals surface area contributed by atoms with Crippen molar-refractivity contribution in [3.8, 4) is 0 Å². The van der Waals surface area contributed by atoms with Crippen LogP contribution in [0, 0.1) is 0 Å². The lowest BCUT2D eigenvalue weighted by molar-refractivity contribution is 0.680. The summed E-state index contributed by atoms with van der Waals surface area (Å²) in [6, 6.07) is 16.9. The van der Waals surface area contributed by atoms with Crippen LogP contribution in [0.5, 0.6) is 0 Å². The molecular formula is C17H17BrN4. The van der Waals surface area contributed by atoms with Gasteiger partial charge >= 0.3 is 0 Å². The van der Waals surface area contributed by atoms with Gasteiger partial charge in [0.2, 0.25) is 0 Å². The van der Waals surface area contributed by atoms with Crippen LogP contribution in [0.15, 0.2) is 65.7 Å². The monoisotopic (exact) mass is 356 g/mol. The molecule has 0 atom stereocenters. The van der Waals surface area contributed by atoms with E-state index in [1.807, 2.05) is 10.7 Å². The Kier molecular flexibility index (Phi) is 4.98. The zero-order valence-corrected chi connectivity index (χ0v) is 13.7. The largest absolute Gasteiger partial charge is 0.309 e. The second-order valence-electron chi connectivity index (χ2n) is 5.14. The Morgan fingerprint density at radius 2 is 1.73 bits per heavy atom. The Bertz CT molecular complexity index is 708. The summed E-state index contributed by atoms with van der Waals surface area (Å²) in [5.41, 5.74) is 3.77. The van der Waals surface area contributed by atoms with Gasteiger partial charge in [-0.25, -0.2) is 9.67 Å². The van der Waals surface area contributed by atoms with Crippen molar-refractivity contribution >= 4 is 15.9 Å². The van der Waals surface area contributed by atoms with Crippen LogP contribution in [-0.2, 0) is 19.6 Å². The number of hydrogen-bond acceptors (Lipinski definition) is 3. The quantitative estimate of drug-likeness (QED) is 0.736. The van der Waals surface area contributed by atoms with Crippen molar-refractivity contribution in [2.45, 2.75) is 19.6 Å². The third-order valence-electron chi connectivity index (χ3n) is 3.38. The Labute approximate surface area is 138 Å². The molecule has 0 fully saturated rings. The maximum Gasteiger partial charge on any atom is 0.137 e. The molecule has 5 heteroatoms. The fraction of sp³-hybridized carbons (Fsp3) is 0.176. The fourth-order valence-electron chi connectivity index (χ4n) is 2.26. The second-order valence-corrected chi connectivity index (χ2v) is 6.06. The molecule has 0 unspecified atom stereocenters. The number of benzene rings is 2. The van der Waals surface area contributed by atoms with E-state index in [4.69, 9.17) is 0 Å². The van der Waals surface area contributed by atoms with Crippen LogP contribution >= 0.6 is 15.9 Å². The molecular weight excluding hydrogens is 340 g/mol. The van der Waals surface area contributed by atoms with Crippen LogP contribution in [0.25, 0.3) is 0 Å². The van der Waals surface area contributed by atoms with E-state index in [1.54, 1.807) is 12.7 Å². The number of nitrogens with zero attached hydrogens (tertiary/aromatic N) is 3. The number of aromatic nitrogens is 3. The van der Waals surface area contributed by atoms with Crippen LogP contribution in [0.4, 0.5) is 0 Å². The Morgan fingerprint density at radius 1 is 0.955 bits per heavy atom. The first-order valence-electron chi connectivity index (χ1n) is 7.15. The van der Waals surface area contributed by atoms with Crippen LogP contribution in [0.1, 0.15) is 16.7 Å². The summed E-state index contributed by atoms with van der Waals surface area (Å²) >= 11 is 3.49. The van der Waals surface area contributed by atoms with Gasteiger partial charge in [0, 0.05) is 17.6 Å². The molecule has 1 aromatic heterocycles. The van der Waals surface area contributed by atoms with E-state index in [0.29, 0.717) is 0 Å². The number of hydrogen-bond donors (Lipinski definition) is 1. The van der Waals surface area contributed by atoms with Gasteiger partial charge in [-0.2, -0.15) is 5.10 Å². The van der Waals surface area contributed by atoms with E-state index >= 15 is 0 Å². The van der Waals surface area contributed by atoms with E-state index < -0.39 is 0 Å². The maximum atomic E-state index is 4.11. The van der Waals surface area contributed by atoms with Crippen molar-refractivity contribution in [2.24, 2.45) is 0 Å². The highest BCUT2D eigenvalue weighted by Gasteiger charge is 1.98. The molecule has 3 aromatic rings. The molecule has 0 saturated carbocycles. The lowest BCUT2D eigenvalue weighted by Crippen LogP contribution is -2.12. The highest BCUT2D eigenvalue weighted by Crippen LogP contribution is 2.11. The topological polar surface area (TPSA) is 42.7 Å². The van der Waals surface area contributed by atoms with Crippen LogP contribution < -0.4 is 5.32 Å². The predicted octanol–water partition coefficient (Wildman–Crippen LogP) is 3.38. The number of halogens is 1. The number of nitrogens with one attached hydrogen (secondary N) is 1. The molecule has 0 radical (unpaired) electrons. The molecule has 0 aliphatic carbocycles. The number of rotatable bonds is 6. The SMILES string of the molecule is Brc1cccc(CNCc2ccc(Cn3cncn3)cc2)c1. The molecule has 0 bridgehead atoms. The predicted molar refractivity (Wildman–Crippen MR) is 90.3 cm³/mol. The molecule has 112 valence electrons. The molecule has 0 amide bonds. The van der Waals surface area contributed by atoms with Crippen molar-refractivity contribution in [1.29, 1.82) is 0 Å². The lowest BCUT2D eigenvalue weighted by Gasteiger charge is -2.07. The van der Waals surface area contributed by atoms with E-state index in [1.165, 1.54) is 16.7 Å². The van der Waals surface area contributed by atoms with Crippen molar-refractivity contribution in [3.05, 3.63) is 82.3 Å². The molecule has 22 heavy (non-hydrogen) atoms. The normalized spacial score (nSPS) is 10.8. The lowest BCUT2D eigenvalue weighted by atomic mass is 10.1. The van der Waals surface area contributed by atoms with Gasteiger partial charge in [0.1, 0.15) is 12.7 Å². The average Bonchev–Trinajstić information content (AvgIpc) is 3.02. The van der Waals surface area contributed by atoms with Crippen LogP contribution in [0.3, 0.4) is 0 Å². The van der Waals surface area contributed by atoms with E-state index in [-0.39, 0.29) is 0 Å². The van der Waals surface area contributed by atoms with Gasteiger partial charge in [-0.05, 0) is 28.8 Å². The molecule has 0 spiro atoms. The van der Waals surface area contributed by atoms with E-state index in [0.717, 1.165) is 24.1 Å². The third kappa shape index (κ3) is 4.26. The summed E-state index contributed by atoms with van der Waals surface area (Å²) in [5.74, 6) is 0. The van der Waals surface area contributed by atoms with Crippen molar-refractivity contribution in [3.63, 3.8) is 0 Å². The van der Waals surface area contributed by atoms with Gasteiger partial charge < -0.3 is 5.32 Å². The summed E-state index contributed by atoms with van der Waals surface area (Å²) in [7, 11) is 0. The summed E-state index contributed by atoms with van der Waals surface area (Å²) in [5, 5.41) is 7.58. The Balaban J connectivity index is 1.51. The van der Waals surface area contributed by atoms with Gasteiger partial charge in [0.15, 0.2) is 0 Å².